The van der Waals surface area contributed by atoms with Crippen molar-refractivity contribution in [1.29, 1.82) is 0 Å². The van der Waals surface area contributed by atoms with Gasteiger partial charge in [-0.15, -0.1) is 25.3 Å². The van der Waals surface area contributed by atoms with Gasteiger partial charge in [-0.2, -0.15) is 0 Å². The van der Waals surface area contributed by atoms with Gasteiger partial charge in [-0.1, -0.05) is 134 Å². The van der Waals surface area contributed by atoms with Gasteiger partial charge in [-0.25, -0.2) is 0 Å². The van der Waals surface area contributed by atoms with Crippen molar-refractivity contribution in [2.75, 3.05) is 0 Å². The van der Waals surface area contributed by atoms with E-state index < -0.39 is 23.1 Å². The van der Waals surface area contributed by atoms with Crippen molar-refractivity contribution in [2.24, 2.45) is 0 Å². The molecule has 0 radical (unpaired) electrons. The zero-order valence-electron chi connectivity index (χ0n) is 19.0. The van der Waals surface area contributed by atoms with Crippen molar-refractivity contribution in [2.45, 2.75) is 0 Å². The fraction of sp³-hybridized carbons (Fsp3) is 0. The fourth-order valence-electron chi connectivity index (χ4n) is 2.88. The monoisotopic (exact) mass is 530 g/mol. The van der Waals surface area contributed by atoms with Gasteiger partial charge in [0.25, 0.3) is 0 Å². The molecular formula is C29H22O4S3. The van der Waals surface area contributed by atoms with Crippen LogP contribution in [-0.4, -0.2) is 26.7 Å². The molecule has 36 heavy (non-hydrogen) atoms. The molecule has 0 fully saturated rings. The summed E-state index contributed by atoms with van der Waals surface area (Å²) in [6.45, 7) is 0. The van der Waals surface area contributed by atoms with Crippen LogP contribution < -0.4 is 0 Å². The number of carbonyl (C=O) groups excluding carboxylic acids is 4. The maximum absolute atomic E-state index is 11.8. The minimum atomic E-state index is -0.466. The molecule has 0 atom stereocenters. The molecule has 0 aromatic heterocycles. The minimum absolute atomic E-state index is 0.389. The second-order valence-corrected chi connectivity index (χ2v) is 9.32. The number of benzene rings is 4. The van der Waals surface area contributed by atoms with E-state index >= 15 is 0 Å². The average molecular weight is 531 g/mol. The van der Waals surface area contributed by atoms with Gasteiger partial charge in [0.05, 0.1) is 3.53 Å². The van der Waals surface area contributed by atoms with Crippen LogP contribution in [0.2, 0.25) is 0 Å². The highest BCUT2D eigenvalue weighted by Crippen LogP contribution is 2.08. The van der Waals surface area contributed by atoms with Crippen LogP contribution in [0.5, 0.6) is 0 Å². The molecule has 0 amide bonds. The van der Waals surface area contributed by atoms with E-state index in [1.165, 1.54) is 0 Å². The van der Waals surface area contributed by atoms with E-state index in [0.717, 1.165) is 0 Å². The molecule has 180 valence electrons. The van der Waals surface area contributed by atoms with Gasteiger partial charge in [-0.3, -0.25) is 19.2 Å². The Morgan fingerprint density at radius 2 is 0.528 bits per heavy atom. The van der Waals surface area contributed by atoms with Crippen LogP contribution in [0.1, 0.15) is 41.4 Å². The van der Waals surface area contributed by atoms with Crippen molar-refractivity contribution in [3.05, 3.63) is 144 Å². The number of hydrogen-bond donors (Lipinski definition) is 2. The molecule has 7 heteroatoms. The number of rotatable bonds is 6. The van der Waals surface area contributed by atoms with Gasteiger partial charge >= 0.3 is 0 Å². The highest BCUT2D eigenvalue weighted by molar-refractivity contribution is 8.34. The first kappa shape index (κ1) is 28.6. The Bertz CT molecular complexity index is 1110. The molecule has 0 aliphatic heterocycles. The molecule has 4 nitrogen and oxygen atoms in total. The minimum Gasteiger partial charge on any atom is -0.285 e. The highest BCUT2D eigenvalue weighted by atomic mass is 32.2. The molecule has 0 bridgehead atoms. The summed E-state index contributed by atoms with van der Waals surface area (Å²) in [5, 5.41) is 0. The molecule has 0 saturated heterocycles. The second kappa shape index (κ2) is 15.4. The second-order valence-electron chi connectivity index (χ2n) is 7.06. The zero-order valence-corrected chi connectivity index (χ0v) is 21.6. The van der Waals surface area contributed by atoms with E-state index in [4.69, 9.17) is 0 Å². The van der Waals surface area contributed by atoms with E-state index in [1.807, 2.05) is 24.3 Å². The number of hydrogen-bond acceptors (Lipinski definition) is 5. The largest absolute Gasteiger partial charge is 0.285 e. The molecule has 0 spiro atoms. The lowest BCUT2D eigenvalue weighted by Gasteiger charge is -1.99. The quantitative estimate of drug-likeness (QED) is 0.127. The van der Waals surface area contributed by atoms with Crippen molar-refractivity contribution >= 4 is 64.1 Å². The lowest BCUT2D eigenvalue weighted by molar-refractivity contribution is 0.0817. The van der Waals surface area contributed by atoms with Crippen molar-refractivity contribution < 1.29 is 19.2 Å². The Morgan fingerprint density at radius 1 is 0.389 bits per heavy atom. The maximum Gasteiger partial charge on any atom is 0.233 e. The predicted octanol–water partition coefficient (Wildman–Crippen LogP) is 6.64. The summed E-state index contributed by atoms with van der Waals surface area (Å²) in [5.74, 6) is -1.86. The number of ketones is 4. The lowest BCUT2D eigenvalue weighted by atomic mass is 10.0. The Morgan fingerprint density at radius 3 is 0.667 bits per heavy atom. The highest BCUT2D eigenvalue weighted by Gasteiger charge is 2.18. The Hall–Kier alpha value is -3.65. The van der Waals surface area contributed by atoms with Crippen LogP contribution in [0.25, 0.3) is 0 Å². The molecule has 4 aromatic rings. The molecule has 4 aromatic carbocycles. The van der Waals surface area contributed by atoms with Crippen LogP contribution in [0.4, 0.5) is 0 Å². The fourth-order valence-corrected chi connectivity index (χ4v) is 2.88. The van der Waals surface area contributed by atoms with E-state index in [9.17, 15) is 19.2 Å². The number of thiol groups is 2. The van der Waals surface area contributed by atoms with E-state index in [2.05, 4.69) is 37.5 Å². The smallest absolute Gasteiger partial charge is 0.233 e. The summed E-state index contributed by atoms with van der Waals surface area (Å²) < 4.78 is 0.389. The SMILES string of the molecule is O=C(C(=O)c1ccccc1)c1ccccc1.O=C(C(=O)c1ccccc1)c1ccccc1.S=C(S)S. The molecule has 0 aliphatic rings. The predicted molar refractivity (Wildman–Crippen MR) is 154 cm³/mol. The standard InChI is InChI=1S/2C14H10O2.CH2S3/c2*15-13(11-7-3-1-4-8-11)14(16)12-9-5-2-6-10-12;2-1(3)4/h2*1-10H;(H2,2,3,4). The molecule has 0 N–H and O–H groups in total. The number of Topliss-reactive ketones (excluding diaryl/α,β-unsaturated/α-hetero) is 4. The Labute approximate surface area is 226 Å². The van der Waals surface area contributed by atoms with Gasteiger partial charge in [-0.05, 0) is 0 Å². The van der Waals surface area contributed by atoms with Gasteiger partial charge in [0.1, 0.15) is 0 Å². The van der Waals surface area contributed by atoms with Crippen molar-refractivity contribution in [3.63, 3.8) is 0 Å². The van der Waals surface area contributed by atoms with Crippen LogP contribution in [0.3, 0.4) is 0 Å². The van der Waals surface area contributed by atoms with Crippen molar-refractivity contribution in [3.8, 4) is 0 Å². The molecular weight excluding hydrogens is 509 g/mol. The van der Waals surface area contributed by atoms with Gasteiger partial charge < -0.3 is 0 Å². The summed E-state index contributed by atoms with van der Waals surface area (Å²) in [4.78, 5) is 47.2. The maximum atomic E-state index is 11.8. The van der Waals surface area contributed by atoms with Crippen LogP contribution in [-0.2, 0) is 0 Å². The Kier molecular flexibility index (Phi) is 12.2. The number of thiocarbonyl (C=S) groups is 1. The summed E-state index contributed by atoms with van der Waals surface area (Å²) in [7, 11) is 0. The summed E-state index contributed by atoms with van der Waals surface area (Å²) >= 11 is 11.4. The summed E-state index contributed by atoms with van der Waals surface area (Å²) in [6, 6.07) is 34.3. The van der Waals surface area contributed by atoms with Crippen LogP contribution in [0.15, 0.2) is 121 Å². The van der Waals surface area contributed by atoms with Gasteiger partial charge in [0, 0.05) is 22.3 Å². The third kappa shape index (κ3) is 9.54. The lowest BCUT2D eigenvalue weighted by Crippen LogP contribution is -2.14. The van der Waals surface area contributed by atoms with Crippen LogP contribution >= 0.6 is 37.5 Å². The first-order valence-electron chi connectivity index (χ1n) is 10.6. The van der Waals surface area contributed by atoms with E-state index in [0.29, 0.717) is 25.8 Å². The van der Waals surface area contributed by atoms with Gasteiger partial charge in [0.15, 0.2) is 0 Å². The third-order valence-electron chi connectivity index (χ3n) is 4.56. The van der Waals surface area contributed by atoms with E-state index in [-0.39, 0.29) is 0 Å². The first-order valence-corrected chi connectivity index (χ1v) is 11.9. The summed E-state index contributed by atoms with van der Waals surface area (Å²) in [5.41, 5.74) is 1.71. The zero-order chi connectivity index (χ0) is 26.3. The van der Waals surface area contributed by atoms with Crippen molar-refractivity contribution in [1.82, 2.24) is 0 Å². The third-order valence-corrected chi connectivity index (χ3v) is 4.56. The average Bonchev–Trinajstić information content (AvgIpc) is 2.93. The van der Waals surface area contributed by atoms with E-state index in [1.54, 1.807) is 97.1 Å². The topological polar surface area (TPSA) is 68.3 Å². The molecule has 0 heterocycles. The normalized spacial score (nSPS) is 9.39. The molecule has 0 saturated carbocycles. The number of carbonyl (C=O) groups is 4. The Balaban J connectivity index is 0.000000221. The molecule has 4 rings (SSSR count). The van der Waals surface area contributed by atoms with Crippen LogP contribution in [0, 0.1) is 0 Å². The summed E-state index contributed by atoms with van der Waals surface area (Å²) in [6.07, 6.45) is 0. The van der Waals surface area contributed by atoms with Gasteiger partial charge in [0.2, 0.25) is 23.1 Å². The molecule has 0 aliphatic carbocycles. The molecule has 0 unspecified atom stereocenters. The first-order chi connectivity index (χ1) is 17.3.